The first-order valence-corrected chi connectivity index (χ1v) is 32.6. The van der Waals surface area contributed by atoms with Crippen LogP contribution in [0.3, 0.4) is 0 Å². The van der Waals surface area contributed by atoms with Crippen LogP contribution in [0, 0.1) is 0 Å². The number of rotatable bonds is 57. The van der Waals surface area contributed by atoms with Crippen molar-refractivity contribution in [2.24, 2.45) is 0 Å². The third kappa shape index (κ3) is 57.1. The average molecular weight is 1110 g/mol. The summed E-state index contributed by atoms with van der Waals surface area (Å²) in [4.78, 5) is 48.7. The predicted molar refractivity (Wildman–Crippen MR) is 325 cm³/mol. The molecule has 12 heteroatoms. The van der Waals surface area contributed by atoms with E-state index >= 15 is 0 Å². The molecular weight excluding hydrogens is 1000 g/mol. The molecule has 0 aromatic carbocycles. The highest BCUT2D eigenvalue weighted by molar-refractivity contribution is 7.47. The Morgan fingerprint density at radius 2 is 0.667 bits per heavy atom. The van der Waals surface area contributed by atoms with Crippen LogP contribution in [0.15, 0.2) is 97.2 Å². The summed E-state index contributed by atoms with van der Waals surface area (Å²) in [5.74, 6) is -1.53. The largest absolute Gasteiger partial charge is 0.472 e. The fourth-order valence-electron chi connectivity index (χ4n) is 8.23. The Morgan fingerprint density at radius 1 is 0.372 bits per heavy atom. The molecule has 0 saturated carbocycles. The highest BCUT2D eigenvalue weighted by Crippen LogP contribution is 2.43. The zero-order valence-electron chi connectivity index (χ0n) is 49.6. The zero-order valence-corrected chi connectivity index (χ0v) is 50.5. The van der Waals surface area contributed by atoms with Gasteiger partial charge in [-0.25, -0.2) is 4.57 Å². The number of hydrogen-bond acceptors (Lipinski definition) is 10. The summed E-state index contributed by atoms with van der Waals surface area (Å²) in [6.45, 7) is 4.45. The summed E-state index contributed by atoms with van der Waals surface area (Å²) in [5, 5.41) is 9.84. The maximum atomic E-state index is 12.9. The van der Waals surface area contributed by atoms with Gasteiger partial charge in [0.25, 0.3) is 0 Å². The lowest BCUT2D eigenvalue weighted by Gasteiger charge is -2.21. The number of unbranched alkanes of at least 4 members (excludes halogenated alkanes) is 24. The fourth-order valence-corrected chi connectivity index (χ4v) is 9.01. The predicted octanol–water partition coefficient (Wildman–Crippen LogP) is 18.8. The van der Waals surface area contributed by atoms with E-state index in [0.29, 0.717) is 19.3 Å². The number of ether oxygens (including phenoxy) is 3. The van der Waals surface area contributed by atoms with Crippen molar-refractivity contribution in [2.45, 2.75) is 277 Å². The van der Waals surface area contributed by atoms with Crippen LogP contribution in [0.4, 0.5) is 0 Å². The number of aliphatic hydroxyl groups is 1. The first-order valence-electron chi connectivity index (χ1n) is 31.1. The van der Waals surface area contributed by atoms with Crippen molar-refractivity contribution in [3.05, 3.63) is 97.2 Å². The molecule has 0 fully saturated rings. The smallest absolute Gasteiger partial charge is 0.462 e. The molecule has 0 aliphatic carbocycles. The molecule has 0 aromatic heterocycles. The minimum Gasteiger partial charge on any atom is -0.462 e. The second kappa shape index (κ2) is 59.5. The van der Waals surface area contributed by atoms with E-state index in [2.05, 4.69) is 118 Å². The van der Waals surface area contributed by atoms with Crippen molar-refractivity contribution >= 4 is 25.7 Å². The van der Waals surface area contributed by atoms with E-state index in [0.717, 1.165) is 116 Å². The number of hydrogen-bond donors (Lipinski definition) is 2. The summed E-state index contributed by atoms with van der Waals surface area (Å²) in [6, 6.07) is 0. The molecule has 0 aliphatic heterocycles. The minimum atomic E-state index is -4.77. The first kappa shape index (κ1) is 74.4. The van der Waals surface area contributed by atoms with Gasteiger partial charge in [0.1, 0.15) is 12.7 Å². The standard InChI is InChI=1S/C66H113O11P/c1-4-7-10-13-16-19-22-25-28-30-31-33-36-39-42-45-48-51-54-57-66(70)77-63(59-73-64(68)55-52-49-46-43-40-37-34-27-24-21-18-15-12-9-6-3)61-75-78(71,72)74-60-62(58-67)76-65(69)56-53-50-47-44-41-38-35-32-29-26-23-20-17-14-11-8-5-2/h9,12,16,18-19,21,25-29,31,33-34,40,43,62-63,67H,4-8,10-11,13-15,17,20,22-24,30,32,35-39,41-42,44-61H2,1-3H3,(H,71,72)/b12-9-,19-16-,21-18-,28-25-,29-26-,33-31-,34-27-,43-40-. The Kier molecular flexibility index (Phi) is 56.8. The molecule has 0 aliphatic rings. The maximum absolute atomic E-state index is 12.9. The summed E-state index contributed by atoms with van der Waals surface area (Å²) in [6.07, 6.45) is 70.7. The molecule has 2 N–H and O–H groups in total. The number of aliphatic hydroxyl groups excluding tert-OH is 1. The van der Waals surface area contributed by atoms with Crippen LogP contribution < -0.4 is 0 Å². The average Bonchev–Trinajstić information content (AvgIpc) is 3.43. The molecule has 3 unspecified atom stereocenters. The van der Waals surface area contributed by atoms with Crippen LogP contribution in [0.2, 0.25) is 0 Å². The molecule has 0 saturated heterocycles. The van der Waals surface area contributed by atoms with Crippen molar-refractivity contribution in [2.75, 3.05) is 26.4 Å². The second-order valence-corrected chi connectivity index (χ2v) is 21.9. The topological polar surface area (TPSA) is 155 Å². The van der Waals surface area contributed by atoms with E-state index in [1.165, 1.54) is 89.9 Å². The highest BCUT2D eigenvalue weighted by atomic mass is 31.2. The van der Waals surface area contributed by atoms with Gasteiger partial charge in [-0.1, -0.05) is 221 Å². The van der Waals surface area contributed by atoms with E-state index in [1.807, 2.05) is 0 Å². The normalized spacial score (nSPS) is 14.0. The van der Waals surface area contributed by atoms with E-state index < -0.39 is 57.8 Å². The van der Waals surface area contributed by atoms with Gasteiger partial charge in [-0.3, -0.25) is 23.4 Å². The lowest BCUT2D eigenvalue weighted by molar-refractivity contribution is -0.161. The van der Waals surface area contributed by atoms with E-state index in [9.17, 15) is 28.9 Å². The van der Waals surface area contributed by atoms with Crippen molar-refractivity contribution in [3.63, 3.8) is 0 Å². The van der Waals surface area contributed by atoms with Gasteiger partial charge in [-0.05, 0) is 122 Å². The first-order chi connectivity index (χ1) is 38.2. The van der Waals surface area contributed by atoms with Gasteiger partial charge in [0.2, 0.25) is 0 Å². The van der Waals surface area contributed by atoms with Crippen molar-refractivity contribution in [3.8, 4) is 0 Å². The van der Waals surface area contributed by atoms with Crippen LogP contribution >= 0.6 is 7.82 Å². The van der Waals surface area contributed by atoms with Gasteiger partial charge in [-0.2, -0.15) is 0 Å². The summed E-state index contributed by atoms with van der Waals surface area (Å²) < 4.78 is 39.6. The lowest BCUT2D eigenvalue weighted by atomic mass is 10.1. The molecule has 0 aromatic rings. The zero-order chi connectivity index (χ0) is 56.9. The Bertz CT molecular complexity index is 1680. The molecule has 448 valence electrons. The fraction of sp³-hybridized carbons (Fsp3) is 0.712. The van der Waals surface area contributed by atoms with Gasteiger partial charge >= 0.3 is 25.7 Å². The third-order valence-electron chi connectivity index (χ3n) is 13.0. The Balaban J connectivity index is 4.77. The van der Waals surface area contributed by atoms with Crippen LogP contribution in [-0.4, -0.2) is 66.5 Å². The molecule has 0 amide bonds. The molecule has 3 atom stereocenters. The maximum Gasteiger partial charge on any atom is 0.472 e. The monoisotopic (exact) mass is 1110 g/mol. The molecule has 0 bridgehead atoms. The molecule has 78 heavy (non-hydrogen) atoms. The van der Waals surface area contributed by atoms with Crippen LogP contribution in [0.5, 0.6) is 0 Å². The Hall–Kier alpha value is -3.60. The number of phosphoric acid groups is 1. The molecule has 0 heterocycles. The molecule has 0 rings (SSSR count). The quantitative estimate of drug-likeness (QED) is 0.0197. The lowest BCUT2D eigenvalue weighted by Crippen LogP contribution is -2.30. The number of allylic oxidation sites excluding steroid dienone is 16. The SMILES string of the molecule is CC/C=C\C/C=C\C/C=C\C/C=C\CCCCC(=O)OCC(COP(=O)(O)OCC(CO)OC(=O)CCCCCCCCC/C=C\CCCCCCCC)OC(=O)CCCCCCCC/C=C\C/C=C\C/C=C\CCCCC. The van der Waals surface area contributed by atoms with Crippen LogP contribution in [0.1, 0.15) is 265 Å². The molecule has 11 nitrogen and oxygen atoms in total. The van der Waals surface area contributed by atoms with E-state index in [4.69, 9.17) is 23.3 Å². The number of phosphoric ester groups is 1. The van der Waals surface area contributed by atoms with E-state index in [1.54, 1.807) is 0 Å². The Labute approximate surface area is 476 Å². The van der Waals surface area contributed by atoms with Crippen molar-refractivity contribution < 1.29 is 52.2 Å². The number of carbonyl (C=O) groups excluding carboxylic acids is 3. The van der Waals surface area contributed by atoms with Crippen LogP contribution in [-0.2, 0) is 42.2 Å². The van der Waals surface area contributed by atoms with Gasteiger partial charge in [0.05, 0.1) is 19.8 Å². The van der Waals surface area contributed by atoms with Gasteiger partial charge in [0, 0.05) is 19.3 Å². The summed E-state index contributed by atoms with van der Waals surface area (Å²) in [5.41, 5.74) is 0. The minimum absolute atomic E-state index is 0.140. The molecule has 0 spiro atoms. The van der Waals surface area contributed by atoms with Crippen molar-refractivity contribution in [1.82, 2.24) is 0 Å². The summed E-state index contributed by atoms with van der Waals surface area (Å²) >= 11 is 0. The Morgan fingerprint density at radius 3 is 1.09 bits per heavy atom. The second-order valence-electron chi connectivity index (χ2n) is 20.5. The highest BCUT2D eigenvalue weighted by Gasteiger charge is 2.28. The third-order valence-corrected chi connectivity index (χ3v) is 13.9. The number of carbonyl (C=O) groups is 3. The molecule has 0 radical (unpaired) electrons. The van der Waals surface area contributed by atoms with Gasteiger partial charge < -0.3 is 24.2 Å². The summed E-state index contributed by atoms with van der Waals surface area (Å²) in [7, 11) is -4.77. The molecular formula is C66H113O11P. The van der Waals surface area contributed by atoms with E-state index in [-0.39, 0.29) is 25.9 Å². The van der Waals surface area contributed by atoms with Crippen LogP contribution in [0.25, 0.3) is 0 Å². The van der Waals surface area contributed by atoms with Gasteiger partial charge in [-0.15, -0.1) is 0 Å². The number of esters is 3. The van der Waals surface area contributed by atoms with Gasteiger partial charge in [0.15, 0.2) is 6.10 Å². The van der Waals surface area contributed by atoms with Crippen molar-refractivity contribution in [1.29, 1.82) is 0 Å².